The van der Waals surface area contributed by atoms with Gasteiger partial charge in [-0.2, -0.15) is 0 Å². The lowest BCUT2D eigenvalue weighted by molar-refractivity contribution is -0.172. The maximum Gasteiger partial charge on any atom is 0.407 e. The number of amides is 5. The first-order valence-electron chi connectivity index (χ1n) is 25.3. The van der Waals surface area contributed by atoms with E-state index in [0.29, 0.717) is 40.3 Å². The van der Waals surface area contributed by atoms with Crippen LogP contribution in [0.5, 0.6) is 5.75 Å². The zero-order chi connectivity index (χ0) is 54.0. The smallest absolute Gasteiger partial charge is 0.407 e. The minimum Gasteiger partial charge on any atom is -0.474 e. The van der Waals surface area contributed by atoms with Gasteiger partial charge >= 0.3 is 24.1 Å². The molecule has 0 spiro atoms. The van der Waals surface area contributed by atoms with Gasteiger partial charge in [0.25, 0.3) is 5.56 Å². The van der Waals surface area contributed by atoms with Gasteiger partial charge in [-0.3, -0.25) is 14.4 Å². The van der Waals surface area contributed by atoms with Gasteiger partial charge in [0.15, 0.2) is 5.60 Å². The molecule has 0 fully saturated rings. The molecule has 0 saturated carbocycles. The SMILES string of the molecule is CCc1c2c(nc3ccc(OC(C(=O)OC)c4ccc(NC(=O)C(CCCNC(N)=O)NC(=O)C(NC(=O)OCC5c6ccccc6-c6ccccc65)C(C)C)cc4)cc13)-c1cc3c(c(=O)n1C2)COC(=O)[C@]3(O)CC. The number of nitrogens with two attached hydrogens (primary N) is 1. The zero-order valence-electron chi connectivity index (χ0n) is 42.7. The molecule has 19 nitrogen and oxygen atoms in total. The molecule has 76 heavy (non-hydrogen) atoms. The number of esters is 2. The summed E-state index contributed by atoms with van der Waals surface area (Å²) >= 11 is 0. The molecule has 2 aromatic heterocycles. The highest BCUT2D eigenvalue weighted by Gasteiger charge is 2.45. The minimum absolute atomic E-state index is 0.0202. The van der Waals surface area contributed by atoms with Crippen molar-refractivity contribution in [2.24, 2.45) is 11.7 Å². The number of primary amides is 1. The van der Waals surface area contributed by atoms with Crippen molar-refractivity contribution in [3.05, 3.63) is 146 Å². The third-order valence-electron chi connectivity index (χ3n) is 14.4. The Bertz CT molecular complexity index is 3310. The average molecular weight is 1030 g/mol. The number of rotatable bonds is 18. The van der Waals surface area contributed by atoms with Crippen molar-refractivity contribution in [3.8, 4) is 28.3 Å². The van der Waals surface area contributed by atoms with Crippen LogP contribution in [0.15, 0.2) is 102 Å². The van der Waals surface area contributed by atoms with Gasteiger partial charge in [0.2, 0.25) is 17.9 Å². The van der Waals surface area contributed by atoms with Crippen LogP contribution in [0.1, 0.15) is 97.9 Å². The Hall–Kier alpha value is -8.58. The molecule has 19 heteroatoms. The predicted molar refractivity (Wildman–Crippen MR) is 280 cm³/mol. The molecule has 1 aliphatic carbocycles. The Kier molecular flexibility index (Phi) is 14.9. The zero-order valence-corrected chi connectivity index (χ0v) is 42.7. The maximum absolute atomic E-state index is 14.0. The van der Waals surface area contributed by atoms with Gasteiger partial charge in [-0.05, 0) is 95.8 Å². The second kappa shape index (κ2) is 21.7. The van der Waals surface area contributed by atoms with Gasteiger partial charge in [0.05, 0.1) is 36.1 Å². The van der Waals surface area contributed by atoms with Gasteiger partial charge < -0.3 is 55.6 Å². The van der Waals surface area contributed by atoms with Crippen LogP contribution < -0.4 is 37.3 Å². The molecule has 5 amide bonds. The topological polar surface area (TPSA) is 269 Å². The summed E-state index contributed by atoms with van der Waals surface area (Å²) in [5, 5.41) is 22.9. The highest BCUT2D eigenvalue weighted by Crippen LogP contribution is 2.45. The number of benzene rings is 4. The van der Waals surface area contributed by atoms with E-state index in [1.54, 1.807) is 73.9 Å². The summed E-state index contributed by atoms with van der Waals surface area (Å²) in [7, 11) is 1.24. The number of carbonyl (C=O) groups is 6. The number of nitrogens with zero attached hydrogens (tertiary/aromatic N) is 2. The van der Waals surface area contributed by atoms with Crippen LogP contribution >= 0.6 is 0 Å². The number of aryl methyl sites for hydroxylation is 1. The predicted octanol–water partition coefficient (Wildman–Crippen LogP) is 6.37. The molecule has 6 aromatic rings. The molecule has 3 unspecified atom stereocenters. The third kappa shape index (κ3) is 10.0. The highest BCUT2D eigenvalue weighted by atomic mass is 16.6. The normalized spacial score (nSPS) is 16.2. The second-order valence-electron chi connectivity index (χ2n) is 19.4. The van der Waals surface area contributed by atoms with E-state index in [-0.39, 0.29) is 68.2 Å². The molecule has 7 N–H and O–H groups in total. The first-order valence-corrected chi connectivity index (χ1v) is 25.3. The van der Waals surface area contributed by atoms with Crippen molar-refractivity contribution in [1.29, 1.82) is 0 Å². The number of alkyl carbamates (subject to hydrolysis) is 1. The number of carbonyl (C=O) groups excluding carboxylic acids is 6. The molecule has 9 rings (SSSR count). The van der Waals surface area contributed by atoms with Gasteiger partial charge in [-0.15, -0.1) is 0 Å². The van der Waals surface area contributed by atoms with Crippen molar-refractivity contribution in [3.63, 3.8) is 0 Å². The number of aromatic nitrogens is 2. The molecule has 0 saturated heterocycles. The molecule has 3 aliphatic rings. The molecule has 2 aliphatic heterocycles. The summed E-state index contributed by atoms with van der Waals surface area (Å²) in [5.41, 5.74) is 11.6. The Morgan fingerprint density at radius 3 is 2.24 bits per heavy atom. The lowest BCUT2D eigenvalue weighted by Gasteiger charge is -2.31. The number of anilines is 1. The fraction of sp³-hybridized carbons (Fsp3) is 0.333. The van der Waals surface area contributed by atoms with Crippen LogP contribution in [0.3, 0.4) is 0 Å². The lowest BCUT2D eigenvalue weighted by atomic mass is 9.86. The van der Waals surface area contributed by atoms with E-state index in [1.165, 1.54) is 7.11 Å². The molecule has 0 bridgehead atoms. The number of aliphatic hydroxyl groups is 1. The quantitative estimate of drug-likeness (QED) is 0.0310. The summed E-state index contributed by atoms with van der Waals surface area (Å²) < 4.78 is 24.1. The first-order chi connectivity index (χ1) is 36.5. The molecule has 4 heterocycles. The Labute approximate surface area is 437 Å². The highest BCUT2D eigenvalue weighted by molar-refractivity contribution is 5.98. The summed E-state index contributed by atoms with van der Waals surface area (Å²) in [4.78, 5) is 97.6. The number of cyclic esters (lactones) is 1. The van der Waals surface area contributed by atoms with Crippen LogP contribution in [0.2, 0.25) is 0 Å². The largest absolute Gasteiger partial charge is 0.474 e. The third-order valence-corrected chi connectivity index (χ3v) is 14.4. The number of urea groups is 1. The lowest BCUT2D eigenvalue weighted by Crippen LogP contribution is -2.54. The van der Waals surface area contributed by atoms with Crippen LogP contribution in [-0.2, 0) is 58.6 Å². The maximum atomic E-state index is 14.0. The van der Waals surface area contributed by atoms with Crippen molar-refractivity contribution in [2.75, 3.05) is 25.6 Å². The minimum atomic E-state index is -1.96. The van der Waals surface area contributed by atoms with Crippen molar-refractivity contribution in [1.82, 2.24) is 25.5 Å². The van der Waals surface area contributed by atoms with E-state index in [0.717, 1.165) is 38.8 Å². The van der Waals surface area contributed by atoms with E-state index >= 15 is 0 Å². The van der Waals surface area contributed by atoms with E-state index in [4.69, 9.17) is 29.7 Å². The van der Waals surface area contributed by atoms with Crippen LogP contribution in [-0.4, -0.2) is 82.9 Å². The second-order valence-corrected chi connectivity index (χ2v) is 19.4. The number of nitrogens with one attached hydrogen (secondary N) is 4. The summed E-state index contributed by atoms with van der Waals surface area (Å²) in [6, 6.07) is 26.1. The fourth-order valence-corrected chi connectivity index (χ4v) is 10.4. The van der Waals surface area contributed by atoms with Crippen LogP contribution in [0.4, 0.5) is 15.3 Å². The standard InChI is InChI=1S/C57H59N7O12/c1-6-34-39-25-33(22-23-44(39)61-48-40(34)27-64-46(48)26-43-42(52(64)67)29-74-54(69)57(43,72)7-2)76-49(53(68)73-5)31-18-20-32(21-19-31)60-50(65)45(17-12-24-59-55(58)70)62-51(66)47(30(3)4)63-56(71)75-28-41-37-15-10-8-13-35(37)36-14-9-11-16-38(36)41/h8-11,13-16,18-23,25-26,30,41,45,47,49,72H,6-7,12,17,24,27-29H2,1-5H3,(H,60,65)(H,62,66)(H,63,71)(H3,58,59,70)/t45?,47?,49?,57-/m0/s1. The van der Waals surface area contributed by atoms with Crippen LogP contribution in [0, 0.1) is 5.92 Å². The molecule has 394 valence electrons. The number of hydrogen-bond acceptors (Lipinski definition) is 13. The van der Waals surface area contributed by atoms with Gasteiger partial charge in [-0.25, -0.2) is 24.2 Å². The summed E-state index contributed by atoms with van der Waals surface area (Å²) in [6.45, 7) is 7.27. The van der Waals surface area contributed by atoms with Gasteiger partial charge in [0.1, 0.15) is 31.0 Å². The molecular formula is C57H59N7O12. The van der Waals surface area contributed by atoms with Crippen molar-refractivity contribution >= 4 is 52.5 Å². The fourth-order valence-electron chi connectivity index (χ4n) is 10.4. The van der Waals surface area contributed by atoms with E-state index < -0.39 is 65.6 Å². The molecule has 0 radical (unpaired) electrons. The average Bonchev–Trinajstić information content (AvgIpc) is 3.97. The number of hydrogen-bond donors (Lipinski definition) is 6. The van der Waals surface area contributed by atoms with Gasteiger partial charge in [-0.1, -0.05) is 88.4 Å². The number of methoxy groups -OCH3 is 1. The van der Waals surface area contributed by atoms with Crippen LogP contribution in [0.25, 0.3) is 33.4 Å². The van der Waals surface area contributed by atoms with Crippen molar-refractivity contribution in [2.45, 2.75) is 96.2 Å². The van der Waals surface area contributed by atoms with E-state index in [9.17, 15) is 38.7 Å². The number of pyridine rings is 2. The summed E-state index contributed by atoms with van der Waals surface area (Å²) in [5.74, 6) is -3.01. The first kappa shape index (κ1) is 52.3. The van der Waals surface area contributed by atoms with Crippen molar-refractivity contribution < 1.29 is 52.8 Å². The Balaban J connectivity index is 0.887. The monoisotopic (exact) mass is 1030 g/mol. The van der Waals surface area contributed by atoms with E-state index in [2.05, 4.69) is 21.3 Å². The molecular weight excluding hydrogens is 975 g/mol. The molecule has 4 atom stereocenters. The summed E-state index contributed by atoms with van der Waals surface area (Å²) in [6.07, 6.45) is -1.13. The number of ether oxygens (including phenoxy) is 4. The van der Waals surface area contributed by atoms with Gasteiger partial charge in [0, 0.05) is 40.2 Å². The molecule has 4 aromatic carbocycles. The Morgan fingerprint density at radius 1 is 0.895 bits per heavy atom. The van der Waals surface area contributed by atoms with E-state index in [1.807, 2.05) is 55.5 Å². The number of fused-ring (bicyclic) bond motifs is 8. The Morgan fingerprint density at radius 2 is 1.59 bits per heavy atom.